The maximum Gasteiger partial charge on any atom is 0.341 e. The van der Waals surface area contributed by atoms with Gasteiger partial charge >= 0.3 is 11.9 Å². The molecule has 0 atom stereocenters. The van der Waals surface area contributed by atoms with Crippen molar-refractivity contribution in [2.75, 3.05) is 25.6 Å². The molecule has 2 N–H and O–H groups in total. The van der Waals surface area contributed by atoms with Gasteiger partial charge < -0.3 is 24.6 Å². The van der Waals surface area contributed by atoms with Crippen LogP contribution in [0.15, 0.2) is 36.5 Å². The van der Waals surface area contributed by atoms with Crippen LogP contribution in [0.3, 0.4) is 0 Å². The minimum atomic E-state index is -0.929. The summed E-state index contributed by atoms with van der Waals surface area (Å²) < 4.78 is 16.1. The number of hydrogen-bond donors (Lipinski definition) is 2. The number of aromatic nitrogens is 2. The van der Waals surface area contributed by atoms with E-state index in [-0.39, 0.29) is 37.4 Å². The fourth-order valence-corrected chi connectivity index (χ4v) is 3.14. The zero-order valence-corrected chi connectivity index (χ0v) is 19.4. The summed E-state index contributed by atoms with van der Waals surface area (Å²) >= 11 is 0. The molecule has 0 fully saturated rings. The largest absolute Gasteiger partial charge is 0.497 e. The SMILES string of the molecule is CCOC(=O)c1cnc2nc(CCC(=O)O)c(OCC)cc2c1Nc1ccc(OC)cc1.Cl. The minimum Gasteiger partial charge on any atom is -0.497 e. The second-order valence-corrected chi connectivity index (χ2v) is 6.75. The normalized spacial score (nSPS) is 10.3. The molecule has 2 aromatic heterocycles. The Morgan fingerprint density at radius 2 is 1.85 bits per heavy atom. The number of hydrogen-bond acceptors (Lipinski definition) is 8. The number of aryl methyl sites for hydroxylation is 1. The first kappa shape index (κ1) is 25.7. The predicted octanol–water partition coefficient (Wildman–Crippen LogP) is 4.40. The van der Waals surface area contributed by atoms with Crippen molar-refractivity contribution in [3.63, 3.8) is 0 Å². The number of carbonyl (C=O) groups is 2. The van der Waals surface area contributed by atoms with Crippen molar-refractivity contribution in [3.05, 3.63) is 47.8 Å². The zero-order chi connectivity index (χ0) is 23.1. The second-order valence-electron chi connectivity index (χ2n) is 6.75. The molecule has 1 aromatic carbocycles. The van der Waals surface area contributed by atoms with Crippen LogP contribution in [0.25, 0.3) is 11.0 Å². The van der Waals surface area contributed by atoms with Crippen molar-refractivity contribution < 1.29 is 28.9 Å². The number of ether oxygens (including phenoxy) is 3. The Labute approximate surface area is 197 Å². The first-order valence-corrected chi connectivity index (χ1v) is 10.2. The number of pyridine rings is 2. The smallest absolute Gasteiger partial charge is 0.341 e. The Bertz CT molecular complexity index is 1120. The van der Waals surface area contributed by atoms with Gasteiger partial charge in [0.05, 0.1) is 38.1 Å². The average molecular weight is 476 g/mol. The molecule has 10 heteroatoms. The summed E-state index contributed by atoms with van der Waals surface area (Å²) in [6.45, 7) is 4.15. The van der Waals surface area contributed by atoms with Crippen LogP contribution in [-0.4, -0.2) is 47.3 Å². The number of anilines is 2. The van der Waals surface area contributed by atoms with Crippen molar-refractivity contribution in [1.82, 2.24) is 9.97 Å². The van der Waals surface area contributed by atoms with Crippen LogP contribution in [0, 0.1) is 0 Å². The zero-order valence-electron chi connectivity index (χ0n) is 18.6. The molecular formula is C23H26ClN3O6. The number of methoxy groups -OCH3 is 1. The van der Waals surface area contributed by atoms with E-state index in [1.165, 1.54) is 6.20 Å². The van der Waals surface area contributed by atoms with Crippen molar-refractivity contribution in [3.8, 4) is 11.5 Å². The number of aliphatic carboxylic acids is 1. The van der Waals surface area contributed by atoms with Gasteiger partial charge in [-0.2, -0.15) is 0 Å². The summed E-state index contributed by atoms with van der Waals surface area (Å²) in [5, 5.41) is 12.9. The molecule has 2 heterocycles. The number of fused-ring (bicyclic) bond motifs is 1. The molecular weight excluding hydrogens is 450 g/mol. The van der Waals surface area contributed by atoms with Crippen LogP contribution in [0.1, 0.15) is 36.3 Å². The first-order valence-electron chi connectivity index (χ1n) is 10.2. The molecule has 0 amide bonds. The third kappa shape index (κ3) is 6.23. The molecule has 0 radical (unpaired) electrons. The summed E-state index contributed by atoms with van der Waals surface area (Å²) in [6, 6.07) is 8.95. The van der Waals surface area contributed by atoms with Gasteiger partial charge in [-0.05, 0) is 44.2 Å². The number of carboxylic acid groups (broad SMARTS) is 1. The van der Waals surface area contributed by atoms with Gasteiger partial charge in [0.25, 0.3) is 0 Å². The van der Waals surface area contributed by atoms with Crippen LogP contribution in [0.4, 0.5) is 11.4 Å². The maximum absolute atomic E-state index is 12.6. The summed E-state index contributed by atoms with van der Waals surface area (Å²) in [5.74, 6) is -0.307. The number of nitrogens with one attached hydrogen (secondary N) is 1. The van der Waals surface area contributed by atoms with E-state index in [1.807, 2.05) is 19.1 Å². The van der Waals surface area contributed by atoms with Gasteiger partial charge in [-0.15, -0.1) is 12.4 Å². The van der Waals surface area contributed by atoms with Gasteiger partial charge in [0, 0.05) is 23.7 Å². The van der Waals surface area contributed by atoms with Gasteiger partial charge in [-0.1, -0.05) is 0 Å². The van der Waals surface area contributed by atoms with Gasteiger partial charge in [0.15, 0.2) is 5.65 Å². The van der Waals surface area contributed by atoms with E-state index in [1.54, 1.807) is 32.2 Å². The lowest BCUT2D eigenvalue weighted by atomic mass is 10.1. The molecule has 0 saturated heterocycles. The van der Waals surface area contributed by atoms with E-state index in [2.05, 4.69) is 15.3 Å². The molecule has 3 rings (SSSR count). The van der Waals surface area contributed by atoms with E-state index in [0.717, 1.165) is 5.69 Å². The molecule has 0 bridgehead atoms. The van der Waals surface area contributed by atoms with Crippen LogP contribution in [-0.2, 0) is 16.0 Å². The van der Waals surface area contributed by atoms with Crippen molar-refractivity contribution >= 4 is 46.8 Å². The number of benzene rings is 1. The molecule has 3 aromatic rings. The topological polar surface area (TPSA) is 120 Å². The number of carbonyl (C=O) groups excluding carboxylic acids is 1. The van der Waals surface area contributed by atoms with E-state index in [0.29, 0.717) is 40.5 Å². The first-order chi connectivity index (χ1) is 15.5. The molecule has 0 saturated carbocycles. The third-order valence-corrected chi connectivity index (χ3v) is 4.63. The lowest BCUT2D eigenvalue weighted by Gasteiger charge is -2.16. The highest BCUT2D eigenvalue weighted by atomic mass is 35.5. The molecule has 176 valence electrons. The van der Waals surface area contributed by atoms with Gasteiger partial charge in [0.1, 0.15) is 17.1 Å². The standard InChI is InChI=1S/C23H25N3O6.ClH/c1-4-31-19-12-16-21(25-14-6-8-15(30-3)9-7-14)17(23(29)32-5-2)13-24-22(16)26-18(19)10-11-20(27)28;/h6-9,12-13H,4-5,10-11H2,1-3H3,(H,27,28)(H,24,25,26);1H. The summed E-state index contributed by atoms with van der Waals surface area (Å²) in [6.07, 6.45) is 1.51. The third-order valence-electron chi connectivity index (χ3n) is 4.63. The lowest BCUT2D eigenvalue weighted by Crippen LogP contribution is -2.10. The fraction of sp³-hybridized carbons (Fsp3) is 0.304. The molecule has 0 unspecified atom stereocenters. The molecule has 9 nitrogen and oxygen atoms in total. The Balaban J connectivity index is 0.00000385. The van der Waals surface area contributed by atoms with Crippen LogP contribution in [0.2, 0.25) is 0 Å². The Morgan fingerprint density at radius 1 is 1.12 bits per heavy atom. The van der Waals surface area contributed by atoms with Crippen LogP contribution < -0.4 is 14.8 Å². The molecule has 0 spiro atoms. The monoisotopic (exact) mass is 475 g/mol. The van der Waals surface area contributed by atoms with Crippen molar-refractivity contribution in [1.29, 1.82) is 0 Å². The number of esters is 1. The quantitative estimate of drug-likeness (QED) is 0.411. The van der Waals surface area contributed by atoms with Crippen molar-refractivity contribution in [2.45, 2.75) is 26.7 Å². The highest BCUT2D eigenvalue weighted by Gasteiger charge is 2.20. The van der Waals surface area contributed by atoms with Gasteiger partial charge in [0.2, 0.25) is 0 Å². The average Bonchev–Trinajstić information content (AvgIpc) is 2.78. The van der Waals surface area contributed by atoms with E-state index in [9.17, 15) is 9.59 Å². The molecule has 0 aliphatic rings. The summed E-state index contributed by atoms with van der Waals surface area (Å²) in [5.41, 5.74) is 2.29. The van der Waals surface area contributed by atoms with E-state index < -0.39 is 11.9 Å². The van der Waals surface area contributed by atoms with Gasteiger partial charge in [-0.3, -0.25) is 4.79 Å². The highest BCUT2D eigenvalue weighted by molar-refractivity contribution is 6.05. The van der Waals surface area contributed by atoms with E-state index in [4.69, 9.17) is 19.3 Å². The highest BCUT2D eigenvalue weighted by Crippen LogP contribution is 2.33. The predicted molar refractivity (Wildman–Crippen MR) is 126 cm³/mol. The van der Waals surface area contributed by atoms with Crippen LogP contribution in [0.5, 0.6) is 11.5 Å². The Hall–Kier alpha value is -3.59. The van der Waals surface area contributed by atoms with Crippen LogP contribution >= 0.6 is 12.4 Å². The second kappa shape index (κ2) is 11.9. The summed E-state index contributed by atoms with van der Waals surface area (Å²) in [7, 11) is 1.58. The van der Waals surface area contributed by atoms with Gasteiger partial charge in [-0.25, -0.2) is 14.8 Å². The Kier molecular flexibility index (Phi) is 9.23. The lowest BCUT2D eigenvalue weighted by molar-refractivity contribution is -0.136. The number of carboxylic acids is 1. The molecule has 0 aliphatic heterocycles. The summed E-state index contributed by atoms with van der Waals surface area (Å²) in [4.78, 5) is 32.5. The fourth-order valence-electron chi connectivity index (χ4n) is 3.14. The molecule has 0 aliphatic carbocycles. The maximum atomic E-state index is 12.6. The number of rotatable bonds is 10. The molecule has 33 heavy (non-hydrogen) atoms. The number of halogens is 1. The minimum absolute atomic E-state index is 0. The van der Waals surface area contributed by atoms with E-state index >= 15 is 0 Å². The van der Waals surface area contributed by atoms with Crippen molar-refractivity contribution in [2.24, 2.45) is 0 Å². The Morgan fingerprint density at radius 3 is 2.45 bits per heavy atom. The number of nitrogens with zero attached hydrogens (tertiary/aromatic N) is 2.